The Morgan fingerprint density at radius 2 is 1.58 bits per heavy atom. The molecular formula is C44H55N8O7P. The van der Waals surface area contributed by atoms with Crippen LogP contribution in [0.2, 0.25) is 0 Å². The zero-order valence-electron chi connectivity index (χ0n) is 35.7. The fourth-order valence-electron chi connectivity index (χ4n) is 7.25. The standard InChI is InChI=1S/C44H55N8O7P/c1-29(2)52(30(3)4)60(57-25-24-45-6)59-37-26-39(51-28-46-40-41(51)48-43(49-42(40)53)47-31(5)50(7)8)58-38(37)27-56-44(32-14-12-11-13-15-32,33-16-20-35(54-9)21-17-33)34-18-22-36(55-10)23-19-34/h11-23,28-30,37-39H,24-27H2,1-5,7-10H3,(H,48,49,53)/t37?,38-,39-,60?/m1/s1. The molecule has 1 aliphatic heterocycles. The second-order valence-corrected chi connectivity index (χ2v) is 16.5. The van der Waals surface area contributed by atoms with Crippen molar-refractivity contribution in [3.05, 3.63) is 124 Å². The van der Waals surface area contributed by atoms with E-state index in [2.05, 4.69) is 52.2 Å². The highest BCUT2D eigenvalue weighted by atomic mass is 31.2. The predicted molar refractivity (Wildman–Crippen MR) is 233 cm³/mol. The lowest BCUT2D eigenvalue weighted by atomic mass is 9.80. The van der Waals surface area contributed by atoms with E-state index < -0.39 is 38.1 Å². The third-order valence-corrected chi connectivity index (χ3v) is 12.5. The second kappa shape index (κ2) is 19.9. The molecule has 318 valence electrons. The molecule has 5 aromatic rings. The molecule has 0 radical (unpaired) electrons. The number of methoxy groups -OCH3 is 2. The van der Waals surface area contributed by atoms with Crippen LogP contribution in [0.5, 0.6) is 11.5 Å². The Balaban J connectivity index is 1.46. The maximum Gasteiger partial charge on any atom is 0.280 e. The number of rotatable bonds is 18. The lowest BCUT2D eigenvalue weighted by Crippen LogP contribution is -2.39. The van der Waals surface area contributed by atoms with E-state index in [1.807, 2.05) is 105 Å². The summed E-state index contributed by atoms with van der Waals surface area (Å²) in [4.78, 5) is 35.1. The van der Waals surface area contributed by atoms with Gasteiger partial charge in [0.1, 0.15) is 41.9 Å². The summed E-state index contributed by atoms with van der Waals surface area (Å²) in [6.07, 6.45) is 0.0353. The summed E-state index contributed by atoms with van der Waals surface area (Å²) < 4.78 is 42.8. The fraction of sp³-hybridized carbons (Fsp3) is 0.432. The molecule has 60 heavy (non-hydrogen) atoms. The number of ether oxygens (including phenoxy) is 4. The lowest BCUT2D eigenvalue weighted by molar-refractivity contribution is -0.0911. The van der Waals surface area contributed by atoms with Crippen molar-refractivity contribution in [2.45, 2.75) is 77.2 Å². The van der Waals surface area contributed by atoms with E-state index in [1.54, 1.807) is 25.1 Å². The van der Waals surface area contributed by atoms with Gasteiger partial charge in [0, 0.05) is 32.6 Å². The summed E-state index contributed by atoms with van der Waals surface area (Å²) in [5, 5.41) is 0. The van der Waals surface area contributed by atoms with Gasteiger partial charge in [-0.25, -0.2) is 21.2 Å². The highest BCUT2D eigenvalue weighted by Crippen LogP contribution is 2.51. The molecule has 0 amide bonds. The SMILES string of the molecule is [C-]#[N+]CCOP(OC1C[C@H](n2cnc3c(=O)[nH]c(N=C(C)N(C)C)nc32)O[C@@H]1COC(c1ccccc1)(c1ccc(OC)cc1)c1ccc(OC)cc1)N(C(C)C)C(C)C. The molecule has 3 aromatic carbocycles. The van der Waals surface area contributed by atoms with Gasteiger partial charge in [-0.1, -0.05) is 54.6 Å². The van der Waals surface area contributed by atoms with Crippen LogP contribution < -0.4 is 15.0 Å². The molecule has 0 aliphatic carbocycles. The van der Waals surface area contributed by atoms with Crippen LogP contribution in [0, 0.1) is 6.57 Å². The third-order valence-electron chi connectivity index (χ3n) is 10.3. The Morgan fingerprint density at radius 3 is 2.13 bits per heavy atom. The molecule has 1 fully saturated rings. The van der Waals surface area contributed by atoms with Crippen LogP contribution in [-0.2, 0) is 24.1 Å². The third kappa shape index (κ3) is 9.71. The van der Waals surface area contributed by atoms with Gasteiger partial charge in [-0.2, -0.15) is 4.98 Å². The van der Waals surface area contributed by atoms with Crippen LogP contribution >= 0.6 is 8.53 Å². The number of hydrogen-bond donors (Lipinski definition) is 1. The molecule has 15 nitrogen and oxygen atoms in total. The predicted octanol–water partition coefficient (Wildman–Crippen LogP) is 7.71. The molecule has 1 saturated heterocycles. The Labute approximate surface area is 353 Å². The van der Waals surface area contributed by atoms with E-state index in [1.165, 1.54) is 0 Å². The largest absolute Gasteiger partial charge is 0.497 e. The van der Waals surface area contributed by atoms with E-state index in [-0.39, 0.29) is 43.3 Å². The second-order valence-electron chi connectivity index (χ2n) is 15.1. The van der Waals surface area contributed by atoms with Gasteiger partial charge >= 0.3 is 0 Å². The molecule has 4 atom stereocenters. The lowest BCUT2D eigenvalue weighted by Gasteiger charge is -2.39. The first-order valence-electron chi connectivity index (χ1n) is 19.9. The summed E-state index contributed by atoms with van der Waals surface area (Å²) in [5.74, 6) is 2.23. The monoisotopic (exact) mass is 838 g/mol. The Bertz CT molecular complexity index is 2240. The van der Waals surface area contributed by atoms with Crippen molar-refractivity contribution in [2.75, 3.05) is 48.1 Å². The van der Waals surface area contributed by atoms with E-state index in [0.29, 0.717) is 29.4 Å². The first kappa shape index (κ1) is 44.4. The van der Waals surface area contributed by atoms with E-state index in [4.69, 9.17) is 39.6 Å². The molecule has 0 spiro atoms. The number of benzene rings is 3. The van der Waals surface area contributed by atoms with Crippen molar-refractivity contribution >= 4 is 31.5 Å². The summed E-state index contributed by atoms with van der Waals surface area (Å²) in [5.41, 5.74) is 1.58. The number of nitrogens with zero attached hydrogens (tertiary/aromatic N) is 7. The quantitative estimate of drug-likeness (QED) is 0.0232. The Hall–Kier alpha value is -5.20. The van der Waals surface area contributed by atoms with Gasteiger partial charge in [0.15, 0.2) is 11.2 Å². The van der Waals surface area contributed by atoms with E-state index >= 15 is 0 Å². The van der Waals surface area contributed by atoms with Crippen LogP contribution in [0.3, 0.4) is 0 Å². The maximum atomic E-state index is 13.3. The van der Waals surface area contributed by atoms with Crippen molar-refractivity contribution in [1.29, 1.82) is 0 Å². The minimum Gasteiger partial charge on any atom is -0.497 e. The first-order valence-corrected chi connectivity index (χ1v) is 21.1. The maximum absolute atomic E-state index is 13.3. The molecule has 0 saturated carbocycles. The normalized spacial score (nSPS) is 17.7. The number of nitrogens with one attached hydrogen (secondary N) is 1. The molecule has 2 unspecified atom stereocenters. The minimum atomic E-state index is -1.66. The van der Waals surface area contributed by atoms with Crippen LogP contribution in [0.1, 0.15) is 64.0 Å². The number of aliphatic imine (C=N–C) groups is 1. The number of fused-ring (bicyclic) bond motifs is 1. The van der Waals surface area contributed by atoms with Crippen molar-refractivity contribution in [3.8, 4) is 11.5 Å². The average molecular weight is 839 g/mol. The van der Waals surface area contributed by atoms with Crippen LogP contribution in [0.25, 0.3) is 16.0 Å². The summed E-state index contributed by atoms with van der Waals surface area (Å²) in [6, 6.07) is 25.9. The fourth-order valence-corrected chi connectivity index (χ4v) is 9.00. The van der Waals surface area contributed by atoms with Gasteiger partial charge in [0.25, 0.3) is 14.1 Å². The summed E-state index contributed by atoms with van der Waals surface area (Å²) in [6.45, 7) is 18.1. The molecule has 1 N–H and O–H groups in total. The highest BCUT2D eigenvalue weighted by molar-refractivity contribution is 7.44. The molecular weight excluding hydrogens is 784 g/mol. The molecule has 0 bridgehead atoms. The molecule has 6 rings (SSSR count). The average Bonchev–Trinajstić information content (AvgIpc) is 3.85. The van der Waals surface area contributed by atoms with Crippen molar-refractivity contribution in [3.63, 3.8) is 0 Å². The van der Waals surface area contributed by atoms with Crippen molar-refractivity contribution in [2.24, 2.45) is 4.99 Å². The van der Waals surface area contributed by atoms with Crippen LogP contribution in [0.4, 0.5) is 5.95 Å². The van der Waals surface area contributed by atoms with Crippen LogP contribution in [0.15, 0.2) is 95.0 Å². The van der Waals surface area contributed by atoms with Gasteiger partial charge in [-0.3, -0.25) is 14.3 Å². The summed E-state index contributed by atoms with van der Waals surface area (Å²) in [7, 11) is 5.35. The molecule has 16 heteroatoms. The van der Waals surface area contributed by atoms with Gasteiger partial charge in [0.2, 0.25) is 12.5 Å². The summed E-state index contributed by atoms with van der Waals surface area (Å²) >= 11 is 0. The number of aromatic amines is 1. The van der Waals surface area contributed by atoms with Gasteiger partial charge in [0.05, 0.1) is 33.3 Å². The zero-order valence-corrected chi connectivity index (χ0v) is 36.6. The van der Waals surface area contributed by atoms with Crippen LogP contribution in [-0.4, -0.2) is 107 Å². The highest BCUT2D eigenvalue weighted by Gasteiger charge is 2.45. The number of aromatic nitrogens is 4. The number of amidine groups is 1. The molecule has 2 aromatic heterocycles. The van der Waals surface area contributed by atoms with Gasteiger partial charge < -0.3 is 37.7 Å². The Morgan fingerprint density at radius 1 is 0.983 bits per heavy atom. The number of imidazole rings is 1. The number of H-pyrrole nitrogens is 1. The topological polar surface area (TPSA) is 142 Å². The van der Waals surface area contributed by atoms with E-state index in [9.17, 15) is 4.79 Å². The van der Waals surface area contributed by atoms with E-state index in [0.717, 1.165) is 16.7 Å². The van der Waals surface area contributed by atoms with Gasteiger partial charge in [-0.15, -0.1) is 0 Å². The number of hydrogen-bond acceptors (Lipinski definition) is 11. The zero-order chi connectivity index (χ0) is 43.0. The van der Waals surface area contributed by atoms with Crippen molar-refractivity contribution < 1.29 is 28.0 Å². The van der Waals surface area contributed by atoms with Crippen molar-refractivity contribution in [1.82, 2.24) is 29.1 Å². The molecule has 3 heterocycles. The Kier molecular flexibility index (Phi) is 14.7. The smallest absolute Gasteiger partial charge is 0.280 e. The van der Waals surface area contributed by atoms with Gasteiger partial charge in [-0.05, 0) is 75.6 Å². The first-order chi connectivity index (χ1) is 28.9. The molecule has 1 aliphatic rings. The minimum absolute atomic E-state index is 0.0704.